The molecule has 22 heavy (non-hydrogen) atoms. The number of hydrogen-bond donors (Lipinski definition) is 2. The summed E-state index contributed by atoms with van der Waals surface area (Å²) in [5, 5.41) is 6.51. The van der Waals surface area contributed by atoms with Crippen molar-refractivity contribution in [3.05, 3.63) is 35.9 Å². The van der Waals surface area contributed by atoms with Crippen LogP contribution in [0.15, 0.2) is 30.3 Å². The number of carbonyl (C=O) groups is 1. The molecule has 0 aromatic heterocycles. The van der Waals surface area contributed by atoms with Gasteiger partial charge >= 0.3 is 0 Å². The largest absolute Gasteiger partial charge is 0.356 e. The van der Waals surface area contributed by atoms with Crippen LogP contribution in [0, 0.1) is 5.92 Å². The molecule has 1 atom stereocenters. The third-order valence-corrected chi connectivity index (χ3v) is 3.89. The first kappa shape index (κ1) is 18.7. The van der Waals surface area contributed by atoms with E-state index in [1.807, 2.05) is 18.2 Å². The summed E-state index contributed by atoms with van der Waals surface area (Å²) in [7, 11) is 0. The van der Waals surface area contributed by atoms with E-state index in [9.17, 15) is 4.79 Å². The zero-order chi connectivity index (χ0) is 16.2. The van der Waals surface area contributed by atoms with Crippen molar-refractivity contribution >= 4 is 5.91 Å². The predicted molar refractivity (Wildman–Crippen MR) is 93.9 cm³/mol. The smallest absolute Gasteiger partial charge is 0.223 e. The van der Waals surface area contributed by atoms with Crippen LogP contribution in [0.3, 0.4) is 0 Å². The molecule has 1 aromatic carbocycles. The fourth-order valence-electron chi connectivity index (χ4n) is 2.49. The highest BCUT2D eigenvalue weighted by molar-refractivity contribution is 5.78. The highest BCUT2D eigenvalue weighted by Gasteiger charge is 2.16. The van der Waals surface area contributed by atoms with Crippen molar-refractivity contribution in [2.24, 2.45) is 5.92 Å². The maximum atomic E-state index is 12.2. The number of nitrogens with one attached hydrogen (secondary N) is 2. The summed E-state index contributed by atoms with van der Waals surface area (Å²) in [6, 6.07) is 10.8. The molecule has 0 radical (unpaired) electrons. The average Bonchev–Trinajstić information content (AvgIpc) is 2.52. The summed E-state index contributed by atoms with van der Waals surface area (Å²) in [5.74, 6) is 0.289. The summed E-state index contributed by atoms with van der Waals surface area (Å²) in [6.07, 6.45) is 5.12. The van der Waals surface area contributed by atoms with Gasteiger partial charge in [0, 0.05) is 18.5 Å². The van der Waals surface area contributed by atoms with Crippen molar-refractivity contribution in [2.45, 2.75) is 58.9 Å². The van der Waals surface area contributed by atoms with Gasteiger partial charge in [-0.15, -0.1) is 0 Å². The second-order valence-corrected chi connectivity index (χ2v) is 6.26. The third-order valence-electron chi connectivity index (χ3n) is 3.89. The van der Waals surface area contributed by atoms with Crippen molar-refractivity contribution in [3.63, 3.8) is 0 Å². The monoisotopic (exact) mass is 304 g/mol. The Morgan fingerprint density at radius 3 is 2.36 bits per heavy atom. The van der Waals surface area contributed by atoms with E-state index in [0.717, 1.165) is 38.8 Å². The van der Waals surface area contributed by atoms with E-state index < -0.39 is 0 Å². The fourth-order valence-corrected chi connectivity index (χ4v) is 2.49. The molecule has 0 saturated carbocycles. The standard InChI is InChI=1S/C19H32N2O/c1-4-18(15-17-11-7-5-8-12-17)19(22)21-14-10-6-9-13-20-16(2)3/h5,7-8,11-12,16,18,20H,4,6,9-10,13-15H2,1-3H3,(H,21,22). The SMILES string of the molecule is CCC(Cc1ccccc1)C(=O)NCCCCCNC(C)C. The second-order valence-electron chi connectivity index (χ2n) is 6.26. The summed E-state index contributed by atoms with van der Waals surface area (Å²) in [6.45, 7) is 8.28. The summed E-state index contributed by atoms with van der Waals surface area (Å²) in [5.41, 5.74) is 1.24. The summed E-state index contributed by atoms with van der Waals surface area (Å²) < 4.78 is 0. The Hall–Kier alpha value is -1.35. The maximum Gasteiger partial charge on any atom is 0.223 e. The van der Waals surface area contributed by atoms with Gasteiger partial charge in [0.25, 0.3) is 0 Å². The van der Waals surface area contributed by atoms with Crippen LogP contribution in [0.5, 0.6) is 0 Å². The number of amides is 1. The average molecular weight is 304 g/mol. The lowest BCUT2D eigenvalue weighted by Crippen LogP contribution is -2.32. The van der Waals surface area contributed by atoms with Gasteiger partial charge in [0.05, 0.1) is 0 Å². The van der Waals surface area contributed by atoms with Crippen molar-refractivity contribution in [3.8, 4) is 0 Å². The first-order valence-electron chi connectivity index (χ1n) is 8.68. The molecule has 0 aliphatic carbocycles. The molecule has 3 heteroatoms. The van der Waals surface area contributed by atoms with Crippen LogP contribution in [0.25, 0.3) is 0 Å². The Labute approximate surface area is 135 Å². The molecule has 1 unspecified atom stereocenters. The minimum atomic E-state index is 0.0880. The Morgan fingerprint density at radius 2 is 1.73 bits per heavy atom. The van der Waals surface area contributed by atoms with Crippen molar-refractivity contribution in [2.75, 3.05) is 13.1 Å². The van der Waals surface area contributed by atoms with Gasteiger partial charge in [-0.2, -0.15) is 0 Å². The van der Waals surface area contributed by atoms with Crippen LogP contribution in [-0.2, 0) is 11.2 Å². The predicted octanol–water partition coefficient (Wildman–Crippen LogP) is 3.54. The lowest BCUT2D eigenvalue weighted by atomic mass is 9.96. The number of unbranched alkanes of at least 4 members (excludes halogenated alkanes) is 2. The quantitative estimate of drug-likeness (QED) is 0.614. The molecule has 1 aromatic rings. The molecule has 3 nitrogen and oxygen atoms in total. The first-order valence-corrected chi connectivity index (χ1v) is 8.68. The molecule has 1 amide bonds. The maximum absolute atomic E-state index is 12.2. The molecular formula is C19H32N2O. The van der Waals surface area contributed by atoms with E-state index in [2.05, 4.69) is 43.5 Å². The van der Waals surface area contributed by atoms with E-state index in [0.29, 0.717) is 6.04 Å². The number of rotatable bonds is 11. The summed E-state index contributed by atoms with van der Waals surface area (Å²) in [4.78, 5) is 12.2. The molecule has 0 spiro atoms. The zero-order valence-electron chi connectivity index (χ0n) is 14.4. The van der Waals surface area contributed by atoms with Gasteiger partial charge in [0.2, 0.25) is 5.91 Å². The summed E-state index contributed by atoms with van der Waals surface area (Å²) >= 11 is 0. The van der Waals surface area contributed by atoms with Gasteiger partial charge in [0.1, 0.15) is 0 Å². The fraction of sp³-hybridized carbons (Fsp3) is 0.632. The molecule has 1 rings (SSSR count). The molecule has 0 aliphatic heterocycles. The van der Waals surface area contributed by atoms with Crippen LogP contribution in [0.2, 0.25) is 0 Å². The van der Waals surface area contributed by atoms with Gasteiger partial charge in [-0.25, -0.2) is 0 Å². The number of carbonyl (C=O) groups excluding carboxylic acids is 1. The molecule has 2 N–H and O–H groups in total. The van der Waals surface area contributed by atoms with Crippen molar-refractivity contribution < 1.29 is 4.79 Å². The molecule has 124 valence electrons. The van der Waals surface area contributed by atoms with Crippen LogP contribution in [0.1, 0.15) is 52.0 Å². The van der Waals surface area contributed by atoms with E-state index in [4.69, 9.17) is 0 Å². The molecule has 0 fully saturated rings. The Bertz CT molecular complexity index is 403. The number of benzene rings is 1. The molecule has 0 bridgehead atoms. The van der Waals surface area contributed by atoms with E-state index in [1.165, 1.54) is 12.0 Å². The van der Waals surface area contributed by atoms with Crippen LogP contribution in [-0.4, -0.2) is 25.0 Å². The van der Waals surface area contributed by atoms with Gasteiger partial charge in [-0.3, -0.25) is 4.79 Å². The van der Waals surface area contributed by atoms with Gasteiger partial charge in [0.15, 0.2) is 0 Å². The normalized spacial score (nSPS) is 12.4. The molecule has 0 aliphatic rings. The Balaban J connectivity index is 2.17. The van der Waals surface area contributed by atoms with E-state index in [-0.39, 0.29) is 11.8 Å². The third kappa shape index (κ3) is 8.18. The lowest BCUT2D eigenvalue weighted by Gasteiger charge is -2.15. The van der Waals surface area contributed by atoms with Gasteiger partial charge < -0.3 is 10.6 Å². The zero-order valence-corrected chi connectivity index (χ0v) is 14.4. The Kier molecular flexibility index (Phi) is 9.56. The topological polar surface area (TPSA) is 41.1 Å². The minimum absolute atomic E-state index is 0.0880. The van der Waals surface area contributed by atoms with Crippen LogP contribution >= 0.6 is 0 Å². The van der Waals surface area contributed by atoms with Crippen LogP contribution < -0.4 is 10.6 Å². The van der Waals surface area contributed by atoms with E-state index in [1.54, 1.807) is 0 Å². The van der Waals surface area contributed by atoms with Crippen molar-refractivity contribution in [1.29, 1.82) is 0 Å². The Morgan fingerprint density at radius 1 is 1.05 bits per heavy atom. The molecule has 0 heterocycles. The van der Waals surface area contributed by atoms with Gasteiger partial charge in [-0.1, -0.05) is 57.5 Å². The minimum Gasteiger partial charge on any atom is -0.356 e. The second kappa shape index (κ2) is 11.2. The van der Waals surface area contributed by atoms with E-state index >= 15 is 0 Å². The first-order chi connectivity index (χ1) is 10.6. The highest BCUT2D eigenvalue weighted by Crippen LogP contribution is 2.12. The van der Waals surface area contributed by atoms with Crippen LogP contribution in [0.4, 0.5) is 0 Å². The highest BCUT2D eigenvalue weighted by atomic mass is 16.1. The van der Waals surface area contributed by atoms with Gasteiger partial charge in [-0.05, 0) is 37.8 Å². The lowest BCUT2D eigenvalue weighted by molar-refractivity contribution is -0.125. The van der Waals surface area contributed by atoms with Crippen molar-refractivity contribution in [1.82, 2.24) is 10.6 Å². The number of hydrogen-bond acceptors (Lipinski definition) is 2. The molecular weight excluding hydrogens is 272 g/mol. The molecule has 0 saturated heterocycles.